The van der Waals surface area contributed by atoms with Crippen LogP contribution in [0.1, 0.15) is 18.1 Å². The van der Waals surface area contributed by atoms with E-state index in [1.54, 1.807) is 13.8 Å². The Balaban J connectivity index is 3.49. The molecule has 0 spiro atoms. The highest BCUT2D eigenvalue weighted by atomic mass is 32.2. The normalized spacial score (nSPS) is 11.2. The maximum absolute atomic E-state index is 11.5. The molecule has 0 fully saturated rings. The molecule has 0 saturated carbocycles. The summed E-state index contributed by atoms with van der Waals surface area (Å²) < 4.78 is 23.3. The molecule has 0 aliphatic heterocycles. The molecule has 1 aromatic heterocycles. The van der Waals surface area contributed by atoms with Crippen LogP contribution in [0.15, 0.2) is 4.21 Å². The van der Waals surface area contributed by atoms with Crippen molar-refractivity contribution in [2.75, 3.05) is 11.5 Å². The largest absolute Gasteiger partial charge is 0.389 e. The molecule has 0 saturated heterocycles. The van der Waals surface area contributed by atoms with Crippen molar-refractivity contribution in [1.29, 1.82) is 5.26 Å². The summed E-state index contributed by atoms with van der Waals surface area (Å²) in [5.74, 6) is 0.0265. The molecule has 0 amide bonds. The molecule has 1 rings (SSSR count). The summed E-state index contributed by atoms with van der Waals surface area (Å²) in [6.07, 6.45) is 0. The van der Waals surface area contributed by atoms with Crippen molar-refractivity contribution in [2.24, 2.45) is 0 Å². The standard InChI is InChI=1S/C8H10N2O2S2/c1-3-14(11,12)8-5(2)6(4-9)7(10)13-8/h3,10H2,1-2H3. The monoisotopic (exact) mass is 230 g/mol. The Bertz CT molecular complexity index is 494. The topological polar surface area (TPSA) is 83.9 Å². The highest BCUT2D eigenvalue weighted by Crippen LogP contribution is 2.33. The Labute approximate surface area is 86.9 Å². The second-order valence-electron chi connectivity index (χ2n) is 2.77. The third-order valence-electron chi connectivity index (χ3n) is 1.90. The average Bonchev–Trinajstić information content (AvgIpc) is 2.42. The van der Waals surface area contributed by atoms with E-state index >= 15 is 0 Å². The number of anilines is 1. The minimum absolute atomic E-state index is 0.0265. The molecule has 14 heavy (non-hydrogen) atoms. The first-order valence-corrected chi connectivity index (χ1v) is 6.42. The number of nitrogens with zero attached hydrogens (tertiary/aromatic N) is 1. The van der Waals surface area contributed by atoms with Crippen LogP contribution in [0.25, 0.3) is 0 Å². The van der Waals surface area contributed by atoms with Crippen LogP contribution in [-0.4, -0.2) is 14.2 Å². The summed E-state index contributed by atoms with van der Waals surface area (Å²) in [5.41, 5.74) is 6.28. The van der Waals surface area contributed by atoms with Gasteiger partial charge in [-0.1, -0.05) is 6.92 Å². The van der Waals surface area contributed by atoms with Crippen LogP contribution in [0, 0.1) is 18.3 Å². The van der Waals surface area contributed by atoms with Gasteiger partial charge in [0.1, 0.15) is 15.3 Å². The number of hydrogen-bond donors (Lipinski definition) is 1. The molecule has 0 bridgehead atoms. The Morgan fingerprint density at radius 1 is 1.57 bits per heavy atom. The molecular formula is C8H10N2O2S2. The van der Waals surface area contributed by atoms with E-state index in [0.29, 0.717) is 5.56 Å². The number of thiophene rings is 1. The van der Waals surface area contributed by atoms with Crippen LogP contribution in [0.3, 0.4) is 0 Å². The van der Waals surface area contributed by atoms with E-state index in [4.69, 9.17) is 11.0 Å². The lowest BCUT2D eigenvalue weighted by atomic mass is 10.2. The number of nitrogens with two attached hydrogens (primary N) is 1. The van der Waals surface area contributed by atoms with Gasteiger partial charge in [0, 0.05) is 0 Å². The molecule has 0 radical (unpaired) electrons. The first-order chi connectivity index (χ1) is 6.44. The summed E-state index contributed by atoms with van der Waals surface area (Å²) in [4.78, 5) is 0. The van der Waals surface area contributed by atoms with Crippen molar-refractivity contribution in [2.45, 2.75) is 18.1 Å². The zero-order chi connectivity index (χ0) is 10.9. The average molecular weight is 230 g/mol. The minimum atomic E-state index is -3.25. The van der Waals surface area contributed by atoms with E-state index in [0.717, 1.165) is 11.3 Å². The van der Waals surface area contributed by atoms with Crippen LogP contribution in [-0.2, 0) is 9.84 Å². The molecule has 0 aliphatic carbocycles. The van der Waals surface area contributed by atoms with Crippen molar-refractivity contribution in [3.63, 3.8) is 0 Å². The summed E-state index contributed by atoms with van der Waals surface area (Å²) in [6.45, 7) is 3.17. The first kappa shape index (κ1) is 11.0. The van der Waals surface area contributed by atoms with E-state index in [1.165, 1.54) is 0 Å². The minimum Gasteiger partial charge on any atom is -0.389 e. The Morgan fingerprint density at radius 3 is 2.50 bits per heavy atom. The predicted octanol–water partition coefficient (Wildman–Crippen LogP) is 1.30. The lowest BCUT2D eigenvalue weighted by Gasteiger charge is -1.97. The number of nitriles is 1. The van der Waals surface area contributed by atoms with Gasteiger partial charge in [0.05, 0.1) is 11.3 Å². The van der Waals surface area contributed by atoms with Crippen LogP contribution in [0.2, 0.25) is 0 Å². The molecule has 0 aliphatic rings. The summed E-state index contributed by atoms with van der Waals surface area (Å²) in [7, 11) is -3.25. The molecule has 2 N–H and O–H groups in total. The third kappa shape index (κ3) is 1.61. The fraction of sp³-hybridized carbons (Fsp3) is 0.375. The SMILES string of the molecule is CCS(=O)(=O)c1sc(N)c(C#N)c1C. The van der Waals surface area contributed by atoms with E-state index in [1.807, 2.05) is 6.07 Å². The van der Waals surface area contributed by atoms with Gasteiger partial charge in [-0.05, 0) is 12.5 Å². The van der Waals surface area contributed by atoms with E-state index < -0.39 is 9.84 Å². The molecular weight excluding hydrogens is 220 g/mol. The van der Waals surface area contributed by atoms with Gasteiger partial charge in [0.15, 0.2) is 9.84 Å². The van der Waals surface area contributed by atoms with Gasteiger partial charge >= 0.3 is 0 Å². The first-order valence-electron chi connectivity index (χ1n) is 3.95. The fourth-order valence-electron chi connectivity index (χ4n) is 1.08. The van der Waals surface area contributed by atoms with Gasteiger partial charge in [-0.25, -0.2) is 8.42 Å². The molecule has 4 nitrogen and oxygen atoms in total. The Morgan fingerprint density at radius 2 is 2.14 bits per heavy atom. The second kappa shape index (κ2) is 3.59. The number of rotatable bonds is 2. The smallest absolute Gasteiger partial charge is 0.187 e. The molecule has 6 heteroatoms. The lowest BCUT2D eigenvalue weighted by Crippen LogP contribution is -2.02. The highest BCUT2D eigenvalue weighted by Gasteiger charge is 2.22. The third-order valence-corrected chi connectivity index (χ3v) is 5.46. The van der Waals surface area contributed by atoms with Gasteiger partial charge in [0.25, 0.3) is 0 Å². The maximum Gasteiger partial charge on any atom is 0.187 e. The van der Waals surface area contributed by atoms with E-state index in [-0.39, 0.29) is 20.5 Å². The second-order valence-corrected chi connectivity index (χ2v) is 6.29. The summed E-state index contributed by atoms with van der Waals surface area (Å²) in [6, 6.07) is 1.90. The van der Waals surface area contributed by atoms with Gasteiger partial charge in [-0.3, -0.25) is 0 Å². The van der Waals surface area contributed by atoms with Crippen LogP contribution in [0.4, 0.5) is 5.00 Å². The molecule has 1 aromatic rings. The van der Waals surface area contributed by atoms with Crippen LogP contribution < -0.4 is 5.73 Å². The number of sulfone groups is 1. The van der Waals surface area contributed by atoms with Gasteiger partial charge in [-0.15, -0.1) is 11.3 Å². The molecule has 0 atom stereocenters. The van der Waals surface area contributed by atoms with Gasteiger partial charge in [-0.2, -0.15) is 5.26 Å². The number of nitrogen functional groups attached to an aromatic ring is 1. The molecule has 1 heterocycles. The van der Waals surface area contributed by atoms with E-state index in [9.17, 15) is 8.42 Å². The maximum atomic E-state index is 11.5. The highest BCUT2D eigenvalue weighted by molar-refractivity contribution is 7.93. The molecule has 0 aromatic carbocycles. The van der Waals surface area contributed by atoms with Crippen molar-refractivity contribution in [3.8, 4) is 6.07 Å². The summed E-state index contributed by atoms with van der Waals surface area (Å²) >= 11 is 0.964. The molecule has 76 valence electrons. The zero-order valence-electron chi connectivity index (χ0n) is 7.86. The predicted molar refractivity (Wildman–Crippen MR) is 55.9 cm³/mol. The van der Waals surface area contributed by atoms with Crippen LogP contribution in [0.5, 0.6) is 0 Å². The van der Waals surface area contributed by atoms with Gasteiger partial charge < -0.3 is 5.73 Å². The van der Waals surface area contributed by atoms with E-state index in [2.05, 4.69) is 0 Å². The number of hydrogen-bond acceptors (Lipinski definition) is 5. The zero-order valence-corrected chi connectivity index (χ0v) is 9.50. The fourth-order valence-corrected chi connectivity index (χ4v) is 3.80. The Hall–Kier alpha value is -1.06. The Kier molecular flexibility index (Phi) is 2.83. The quantitative estimate of drug-likeness (QED) is 0.830. The van der Waals surface area contributed by atoms with Crippen LogP contribution >= 0.6 is 11.3 Å². The van der Waals surface area contributed by atoms with Crippen molar-refractivity contribution < 1.29 is 8.42 Å². The van der Waals surface area contributed by atoms with Crippen molar-refractivity contribution in [1.82, 2.24) is 0 Å². The van der Waals surface area contributed by atoms with Crippen molar-refractivity contribution in [3.05, 3.63) is 11.1 Å². The molecule has 0 unspecified atom stereocenters. The summed E-state index contributed by atoms with van der Waals surface area (Å²) in [5, 5.41) is 9.01. The van der Waals surface area contributed by atoms with Gasteiger partial charge in [0.2, 0.25) is 0 Å². The lowest BCUT2D eigenvalue weighted by molar-refractivity contribution is 0.599. The van der Waals surface area contributed by atoms with Crippen molar-refractivity contribution >= 4 is 26.2 Å².